The Balaban J connectivity index is 1.39. The topological polar surface area (TPSA) is 98.1 Å². The predicted octanol–water partition coefficient (Wildman–Crippen LogP) is 3.11. The first kappa shape index (κ1) is 21.3. The molecule has 0 bridgehead atoms. The van der Waals surface area contributed by atoms with Crippen LogP contribution in [0.1, 0.15) is 75.3 Å². The zero-order valence-electron chi connectivity index (χ0n) is 18.6. The molecule has 8 heteroatoms. The summed E-state index contributed by atoms with van der Waals surface area (Å²) in [6, 6.07) is 11.1. The maximum atomic E-state index is 13.3. The lowest BCUT2D eigenvalue weighted by atomic mass is 9.95. The second-order valence-corrected chi connectivity index (χ2v) is 8.51. The van der Waals surface area contributed by atoms with Crippen LogP contribution in [0.15, 0.2) is 48.8 Å². The number of aryl methyl sites for hydroxylation is 1. The van der Waals surface area contributed by atoms with E-state index >= 15 is 0 Å². The van der Waals surface area contributed by atoms with Crippen molar-refractivity contribution in [1.29, 1.82) is 0 Å². The summed E-state index contributed by atoms with van der Waals surface area (Å²) in [4.78, 5) is 35.4. The summed E-state index contributed by atoms with van der Waals surface area (Å²) in [6.07, 6.45) is 5.99. The molecule has 170 valence electrons. The lowest BCUT2D eigenvalue weighted by Gasteiger charge is -2.25. The third kappa shape index (κ3) is 4.26. The lowest BCUT2D eigenvalue weighted by Crippen LogP contribution is -2.34. The number of aromatic nitrogens is 3. The van der Waals surface area contributed by atoms with E-state index in [1.54, 1.807) is 18.5 Å². The van der Waals surface area contributed by atoms with Crippen LogP contribution in [0.25, 0.3) is 0 Å². The van der Waals surface area contributed by atoms with Crippen molar-refractivity contribution in [2.75, 3.05) is 6.61 Å². The normalized spacial score (nSPS) is 18.0. The Morgan fingerprint density at radius 3 is 2.82 bits per heavy atom. The average molecular weight is 446 g/mol. The Morgan fingerprint density at radius 1 is 1.15 bits per heavy atom. The van der Waals surface area contributed by atoms with E-state index in [4.69, 9.17) is 4.74 Å². The number of rotatable bonds is 5. The highest BCUT2D eigenvalue weighted by Crippen LogP contribution is 2.28. The molecular formula is C25H27N5O3. The molecule has 1 aromatic carbocycles. The fourth-order valence-corrected chi connectivity index (χ4v) is 4.65. The molecule has 2 aliphatic rings. The second kappa shape index (κ2) is 9.15. The summed E-state index contributed by atoms with van der Waals surface area (Å²) in [5.74, 6) is -0.426. The maximum absolute atomic E-state index is 13.3. The third-order valence-corrected chi connectivity index (χ3v) is 6.38. The lowest BCUT2D eigenvalue weighted by molar-refractivity contribution is 0.0773. The molecule has 0 saturated carbocycles. The Bertz CT molecular complexity index is 1170. The van der Waals surface area contributed by atoms with Crippen molar-refractivity contribution in [2.24, 2.45) is 0 Å². The summed E-state index contributed by atoms with van der Waals surface area (Å²) in [7, 11) is 0. The number of benzene rings is 1. The van der Waals surface area contributed by atoms with Crippen LogP contribution in [0, 0.1) is 0 Å². The number of hydrogen-bond donors (Lipinski definition) is 2. The van der Waals surface area contributed by atoms with Gasteiger partial charge in [-0.1, -0.05) is 30.3 Å². The smallest absolute Gasteiger partial charge is 0.268 e. The van der Waals surface area contributed by atoms with Gasteiger partial charge in [-0.15, -0.1) is 0 Å². The molecule has 0 spiro atoms. The van der Waals surface area contributed by atoms with Gasteiger partial charge in [0.1, 0.15) is 5.69 Å². The molecule has 33 heavy (non-hydrogen) atoms. The molecule has 2 amide bonds. The van der Waals surface area contributed by atoms with Gasteiger partial charge in [0.15, 0.2) is 0 Å². The van der Waals surface area contributed by atoms with E-state index in [2.05, 4.69) is 20.6 Å². The SMILES string of the molecule is C[C@@H](NC(=O)c1cc(C(=O)NC2CCCc3nccnc32)n2c1COCC2)c1ccccc1. The van der Waals surface area contributed by atoms with Crippen molar-refractivity contribution >= 4 is 11.8 Å². The monoisotopic (exact) mass is 445 g/mol. The average Bonchev–Trinajstić information content (AvgIpc) is 3.25. The van der Waals surface area contributed by atoms with Crippen LogP contribution in [0.4, 0.5) is 0 Å². The summed E-state index contributed by atoms with van der Waals surface area (Å²) >= 11 is 0. The van der Waals surface area contributed by atoms with Gasteiger partial charge in [0.05, 0.1) is 47.9 Å². The van der Waals surface area contributed by atoms with Gasteiger partial charge in [0.2, 0.25) is 0 Å². The Labute approximate surface area is 192 Å². The van der Waals surface area contributed by atoms with Crippen LogP contribution in [-0.2, 0) is 24.3 Å². The molecule has 1 aliphatic carbocycles. The minimum Gasteiger partial charge on any atom is -0.373 e. The summed E-state index contributed by atoms with van der Waals surface area (Å²) in [5, 5.41) is 6.18. The van der Waals surface area contributed by atoms with Crippen molar-refractivity contribution in [2.45, 2.75) is 51.4 Å². The van der Waals surface area contributed by atoms with E-state index in [0.717, 1.165) is 41.9 Å². The molecule has 3 heterocycles. The predicted molar refractivity (Wildman–Crippen MR) is 122 cm³/mol. The first-order valence-electron chi connectivity index (χ1n) is 11.4. The fourth-order valence-electron chi connectivity index (χ4n) is 4.65. The van der Waals surface area contributed by atoms with Crippen LogP contribution in [0.2, 0.25) is 0 Å². The third-order valence-electron chi connectivity index (χ3n) is 6.38. The zero-order chi connectivity index (χ0) is 22.8. The van der Waals surface area contributed by atoms with Gasteiger partial charge in [-0.3, -0.25) is 19.6 Å². The van der Waals surface area contributed by atoms with E-state index in [-0.39, 0.29) is 23.9 Å². The maximum Gasteiger partial charge on any atom is 0.268 e. The summed E-state index contributed by atoms with van der Waals surface area (Å²) in [6.45, 7) is 3.27. The Hall–Kier alpha value is -3.52. The number of nitrogens with one attached hydrogen (secondary N) is 2. The quantitative estimate of drug-likeness (QED) is 0.629. The molecule has 1 aliphatic heterocycles. The number of fused-ring (bicyclic) bond motifs is 2. The van der Waals surface area contributed by atoms with Gasteiger partial charge in [0, 0.05) is 18.9 Å². The van der Waals surface area contributed by atoms with Crippen molar-refractivity contribution in [3.8, 4) is 0 Å². The standard InChI is InChI=1S/C25H27N5O3/c1-16(17-6-3-2-4-7-17)28-24(31)18-14-21(30-12-13-33-15-22(18)30)25(32)29-20-9-5-8-19-23(20)27-11-10-26-19/h2-4,6-7,10-11,14,16,20H,5,8-9,12-13,15H2,1H3,(H,28,31)(H,29,32)/t16-,20?/m1/s1. The molecule has 2 N–H and O–H groups in total. The molecule has 8 nitrogen and oxygen atoms in total. The molecule has 0 fully saturated rings. The van der Waals surface area contributed by atoms with Crippen molar-refractivity contribution in [1.82, 2.24) is 25.2 Å². The number of nitrogens with zero attached hydrogens (tertiary/aromatic N) is 3. The first-order chi connectivity index (χ1) is 16.1. The molecule has 0 saturated heterocycles. The molecule has 0 radical (unpaired) electrons. The van der Waals surface area contributed by atoms with Crippen LogP contribution in [-0.4, -0.2) is 33.0 Å². The molecule has 3 aromatic rings. The first-order valence-corrected chi connectivity index (χ1v) is 11.4. The van der Waals surface area contributed by atoms with Crippen LogP contribution in [0.5, 0.6) is 0 Å². The van der Waals surface area contributed by atoms with Crippen LogP contribution >= 0.6 is 0 Å². The van der Waals surface area contributed by atoms with Crippen molar-refractivity contribution in [3.05, 3.63) is 82.7 Å². The highest BCUT2D eigenvalue weighted by atomic mass is 16.5. The fraction of sp³-hybridized carbons (Fsp3) is 0.360. The zero-order valence-corrected chi connectivity index (χ0v) is 18.6. The Kier molecular flexibility index (Phi) is 5.92. The summed E-state index contributed by atoms with van der Waals surface area (Å²) in [5.41, 5.74) is 4.47. The van der Waals surface area contributed by atoms with E-state index in [1.165, 1.54) is 0 Å². The van der Waals surface area contributed by atoms with Gasteiger partial charge in [0.25, 0.3) is 11.8 Å². The van der Waals surface area contributed by atoms with Crippen molar-refractivity contribution in [3.63, 3.8) is 0 Å². The van der Waals surface area contributed by atoms with Crippen LogP contribution in [0.3, 0.4) is 0 Å². The van der Waals surface area contributed by atoms with Crippen LogP contribution < -0.4 is 10.6 Å². The van der Waals surface area contributed by atoms with Crippen molar-refractivity contribution < 1.29 is 14.3 Å². The number of amides is 2. The molecule has 2 atom stereocenters. The van der Waals surface area contributed by atoms with Gasteiger partial charge in [-0.25, -0.2) is 0 Å². The molecule has 5 rings (SSSR count). The molecule has 1 unspecified atom stereocenters. The molecule has 2 aromatic heterocycles. The van der Waals surface area contributed by atoms with Gasteiger partial charge < -0.3 is 19.9 Å². The number of carbonyl (C=O) groups is 2. The van der Waals surface area contributed by atoms with E-state index < -0.39 is 0 Å². The van der Waals surface area contributed by atoms with Gasteiger partial charge >= 0.3 is 0 Å². The highest BCUT2D eigenvalue weighted by molar-refractivity contribution is 6.01. The van der Waals surface area contributed by atoms with Gasteiger partial charge in [-0.05, 0) is 37.8 Å². The van der Waals surface area contributed by atoms with E-state index in [9.17, 15) is 9.59 Å². The largest absolute Gasteiger partial charge is 0.373 e. The highest BCUT2D eigenvalue weighted by Gasteiger charge is 2.29. The minimum atomic E-state index is -0.214. The van der Waals surface area contributed by atoms with Gasteiger partial charge in [-0.2, -0.15) is 0 Å². The summed E-state index contributed by atoms with van der Waals surface area (Å²) < 4.78 is 7.52. The minimum absolute atomic E-state index is 0.159. The number of hydrogen-bond acceptors (Lipinski definition) is 5. The Morgan fingerprint density at radius 2 is 1.97 bits per heavy atom. The molecular weight excluding hydrogens is 418 g/mol. The number of ether oxygens (including phenoxy) is 1. The number of carbonyl (C=O) groups excluding carboxylic acids is 2. The second-order valence-electron chi connectivity index (χ2n) is 8.51. The van der Waals surface area contributed by atoms with E-state index in [1.807, 2.05) is 41.8 Å². The van der Waals surface area contributed by atoms with E-state index in [0.29, 0.717) is 31.0 Å².